The number of hydrogen-bond donors (Lipinski definition) is 1. The predicted molar refractivity (Wildman–Crippen MR) is 104 cm³/mol. The topological polar surface area (TPSA) is 71.3 Å². The fourth-order valence-electron chi connectivity index (χ4n) is 5.25. The molecule has 1 aromatic carbocycles. The molecule has 5 rings (SSSR count). The molecular formula is C22H28N4O2. The lowest BCUT2D eigenvalue weighted by molar-refractivity contribution is -0.122. The van der Waals surface area contributed by atoms with Crippen LogP contribution in [0, 0.1) is 18.8 Å². The largest absolute Gasteiger partial charge is 0.353 e. The number of rotatable bonds is 6. The number of aromatic nitrogens is 2. The van der Waals surface area contributed by atoms with Crippen LogP contribution in [0.1, 0.15) is 49.4 Å². The summed E-state index contributed by atoms with van der Waals surface area (Å²) >= 11 is 0. The minimum Gasteiger partial charge on any atom is -0.353 e. The standard InChI is InChI=1S/C22H28N4O2/c1-15-23-21(28-25-15)22-11-19(24-20(27)9-16-7-8-16)10-18(22)13-26(14-22)12-17-5-3-2-4-6-17/h2-6,16,18-19H,7-14H2,1H3,(H,24,27). The van der Waals surface area contributed by atoms with Crippen molar-refractivity contribution >= 4 is 5.91 Å². The minimum atomic E-state index is -0.145. The normalized spacial score (nSPS) is 29.8. The highest BCUT2D eigenvalue weighted by Gasteiger charge is 2.57. The Morgan fingerprint density at radius 2 is 2.14 bits per heavy atom. The summed E-state index contributed by atoms with van der Waals surface area (Å²) in [7, 11) is 0. The maximum absolute atomic E-state index is 12.3. The van der Waals surface area contributed by atoms with Crippen LogP contribution in [-0.4, -0.2) is 40.1 Å². The van der Waals surface area contributed by atoms with Gasteiger partial charge in [0, 0.05) is 32.1 Å². The summed E-state index contributed by atoms with van der Waals surface area (Å²) in [6, 6.07) is 10.8. The molecule has 28 heavy (non-hydrogen) atoms. The molecule has 1 aromatic heterocycles. The van der Waals surface area contributed by atoms with Crippen LogP contribution in [0.15, 0.2) is 34.9 Å². The lowest BCUT2D eigenvalue weighted by Crippen LogP contribution is -2.38. The molecule has 3 atom stereocenters. The summed E-state index contributed by atoms with van der Waals surface area (Å²) in [5, 5.41) is 7.36. The fourth-order valence-corrected chi connectivity index (χ4v) is 5.25. The molecule has 2 aliphatic carbocycles. The smallest absolute Gasteiger partial charge is 0.234 e. The second-order valence-corrected chi connectivity index (χ2v) is 9.01. The van der Waals surface area contributed by atoms with Crippen molar-refractivity contribution in [2.75, 3.05) is 13.1 Å². The van der Waals surface area contributed by atoms with Crippen molar-refractivity contribution in [1.29, 1.82) is 0 Å². The summed E-state index contributed by atoms with van der Waals surface area (Å²) in [6.07, 6.45) is 4.98. The second-order valence-electron chi connectivity index (χ2n) is 9.01. The molecule has 6 heteroatoms. The van der Waals surface area contributed by atoms with E-state index in [0.29, 0.717) is 24.1 Å². The average molecular weight is 380 g/mol. The van der Waals surface area contributed by atoms with Crippen molar-refractivity contribution in [1.82, 2.24) is 20.4 Å². The zero-order valence-electron chi connectivity index (χ0n) is 16.4. The van der Waals surface area contributed by atoms with Gasteiger partial charge in [-0.3, -0.25) is 9.69 Å². The van der Waals surface area contributed by atoms with E-state index in [1.54, 1.807) is 0 Å². The first-order valence-electron chi connectivity index (χ1n) is 10.5. The molecule has 0 bridgehead atoms. The number of nitrogens with one attached hydrogen (secondary N) is 1. The van der Waals surface area contributed by atoms with Crippen LogP contribution in [0.4, 0.5) is 0 Å². The number of carbonyl (C=O) groups excluding carboxylic acids is 1. The van der Waals surface area contributed by atoms with E-state index < -0.39 is 0 Å². The van der Waals surface area contributed by atoms with Gasteiger partial charge in [-0.15, -0.1) is 0 Å². The van der Waals surface area contributed by atoms with Gasteiger partial charge >= 0.3 is 0 Å². The summed E-state index contributed by atoms with van der Waals surface area (Å²) in [6.45, 7) is 4.72. The van der Waals surface area contributed by atoms with Gasteiger partial charge in [-0.1, -0.05) is 35.5 Å². The van der Waals surface area contributed by atoms with E-state index in [1.165, 1.54) is 18.4 Å². The maximum atomic E-state index is 12.3. The third-order valence-corrected chi connectivity index (χ3v) is 6.68. The van der Waals surface area contributed by atoms with Crippen molar-refractivity contribution in [3.05, 3.63) is 47.6 Å². The SMILES string of the molecule is Cc1noc(C23CC(NC(=O)CC4CC4)CC2CN(Cc2ccccc2)C3)n1. The summed E-state index contributed by atoms with van der Waals surface area (Å²) < 4.78 is 5.68. The van der Waals surface area contributed by atoms with Gasteiger partial charge in [0.2, 0.25) is 11.8 Å². The number of nitrogens with zero attached hydrogens (tertiary/aromatic N) is 3. The van der Waals surface area contributed by atoms with E-state index in [2.05, 4.69) is 50.7 Å². The van der Waals surface area contributed by atoms with Crippen LogP contribution in [0.3, 0.4) is 0 Å². The van der Waals surface area contributed by atoms with Crippen LogP contribution in [0.25, 0.3) is 0 Å². The molecular weight excluding hydrogens is 352 g/mol. The lowest BCUT2D eigenvalue weighted by atomic mass is 9.80. The molecule has 1 saturated heterocycles. The van der Waals surface area contributed by atoms with Gasteiger partial charge in [-0.25, -0.2) is 0 Å². The fraction of sp³-hybridized carbons (Fsp3) is 0.591. The van der Waals surface area contributed by atoms with Gasteiger partial charge in [0.15, 0.2) is 5.82 Å². The Balaban J connectivity index is 1.33. The van der Waals surface area contributed by atoms with E-state index in [4.69, 9.17) is 4.52 Å². The third kappa shape index (κ3) is 3.46. The van der Waals surface area contributed by atoms with Crippen LogP contribution in [0.5, 0.6) is 0 Å². The summed E-state index contributed by atoms with van der Waals surface area (Å²) in [4.78, 5) is 19.5. The Hall–Kier alpha value is -2.21. The number of fused-ring (bicyclic) bond motifs is 1. The Labute approximate surface area is 165 Å². The molecule has 3 unspecified atom stereocenters. The molecule has 1 aliphatic heterocycles. The van der Waals surface area contributed by atoms with Crippen molar-refractivity contribution in [2.45, 2.75) is 57.0 Å². The molecule has 2 aromatic rings. The Bertz CT molecular complexity index is 847. The third-order valence-electron chi connectivity index (χ3n) is 6.68. The highest BCUT2D eigenvalue weighted by atomic mass is 16.5. The van der Waals surface area contributed by atoms with Crippen LogP contribution >= 0.6 is 0 Å². The van der Waals surface area contributed by atoms with Crippen molar-refractivity contribution < 1.29 is 9.32 Å². The average Bonchev–Trinajstić information content (AvgIpc) is 3.10. The molecule has 0 radical (unpaired) electrons. The molecule has 1 N–H and O–H groups in total. The van der Waals surface area contributed by atoms with Crippen LogP contribution in [0.2, 0.25) is 0 Å². The van der Waals surface area contributed by atoms with Crippen molar-refractivity contribution in [2.24, 2.45) is 11.8 Å². The van der Waals surface area contributed by atoms with Gasteiger partial charge in [-0.2, -0.15) is 4.98 Å². The highest BCUT2D eigenvalue weighted by molar-refractivity contribution is 5.76. The number of benzene rings is 1. The lowest BCUT2D eigenvalue weighted by Gasteiger charge is -2.25. The minimum absolute atomic E-state index is 0.145. The second kappa shape index (κ2) is 6.99. The molecule has 0 spiro atoms. The first kappa shape index (κ1) is 17.9. The molecule has 2 saturated carbocycles. The van der Waals surface area contributed by atoms with Gasteiger partial charge in [0.05, 0.1) is 5.41 Å². The van der Waals surface area contributed by atoms with E-state index in [1.807, 2.05) is 6.92 Å². The first-order valence-corrected chi connectivity index (χ1v) is 10.5. The Morgan fingerprint density at radius 3 is 2.86 bits per heavy atom. The molecule has 2 heterocycles. The van der Waals surface area contributed by atoms with E-state index in [-0.39, 0.29) is 17.4 Å². The summed E-state index contributed by atoms with van der Waals surface area (Å²) in [5.41, 5.74) is 1.18. The van der Waals surface area contributed by atoms with Crippen molar-refractivity contribution in [3.8, 4) is 0 Å². The summed E-state index contributed by atoms with van der Waals surface area (Å²) in [5.74, 6) is 2.71. The van der Waals surface area contributed by atoms with E-state index in [9.17, 15) is 4.79 Å². The molecule has 3 aliphatic rings. The number of hydrogen-bond acceptors (Lipinski definition) is 5. The number of aryl methyl sites for hydroxylation is 1. The van der Waals surface area contributed by atoms with Crippen LogP contribution < -0.4 is 5.32 Å². The van der Waals surface area contributed by atoms with Crippen molar-refractivity contribution in [3.63, 3.8) is 0 Å². The number of amides is 1. The van der Waals surface area contributed by atoms with Gasteiger partial charge in [0.25, 0.3) is 0 Å². The van der Waals surface area contributed by atoms with Crippen LogP contribution in [-0.2, 0) is 16.8 Å². The Morgan fingerprint density at radius 1 is 1.32 bits per heavy atom. The predicted octanol–water partition coefficient (Wildman–Crippen LogP) is 2.83. The van der Waals surface area contributed by atoms with E-state index in [0.717, 1.165) is 38.4 Å². The zero-order valence-corrected chi connectivity index (χ0v) is 16.4. The van der Waals surface area contributed by atoms with Gasteiger partial charge in [0.1, 0.15) is 0 Å². The van der Waals surface area contributed by atoms with Gasteiger partial charge < -0.3 is 9.84 Å². The molecule has 6 nitrogen and oxygen atoms in total. The Kier molecular flexibility index (Phi) is 4.46. The quantitative estimate of drug-likeness (QED) is 0.834. The zero-order chi connectivity index (χ0) is 19.1. The van der Waals surface area contributed by atoms with E-state index >= 15 is 0 Å². The van der Waals surface area contributed by atoms with Gasteiger partial charge in [-0.05, 0) is 50.0 Å². The molecule has 1 amide bonds. The highest BCUT2D eigenvalue weighted by Crippen LogP contribution is 2.50. The maximum Gasteiger partial charge on any atom is 0.234 e. The number of carbonyl (C=O) groups is 1. The molecule has 3 fully saturated rings. The number of likely N-dealkylation sites (tertiary alicyclic amines) is 1. The molecule has 148 valence electrons. The first-order chi connectivity index (χ1) is 13.6. The monoisotopic (exact) mass is 380 g/mol.